The van der Waals surface area contributed by atoms with Gasteiger partial charge in [0.15, 0.2) is 0 Å². The summed E-state index contributed by atoms with van der Waals surface area (Å²) in [5.41, 5.74) is 0. The highest BCUT2D eigenvalue weighted by molar-refractivity contribution is 7.47. The van der Waals surface area contributed by atoms with Crippen molar-refractivity contribution in [2.45, 2.75) is 154 Å². The molecule has 260 valence electrons. The van der Waals surface area contributed by atoms with Crippen LogP contribution in [0.3, 0.4) is 0 Å². The molecule has 3 unspecified atom stereocenters. The van der Waals surface area contributed by atoms with Crippen LogP contribution in [-0.4, -0.2) is 66.3 Å². The molecule has 0 aliphatic carbocycles. The van der Waals surface area contributed by atoms with Crippen molar-refractivity contribution in [1.29, 1.82) is 0 Å². The Kier molecular flexibility index (Phi) is 31.1. The van der Waals surface area contributed by atoms with Gasteiger partial charge in [-0.3, -0.25) is 13.8 Å². The summed E-state index contributed by atoms with van der Waals surface area (Å²) in [7, 11) is -4.50. The SMILES string of the molecule is CCC/C=C\CCCCCCCC(=O)OC(COCCCCCCCC/C=C\CCCCC)COP(=O)(O)OCC(O)CO. The Bertz CT molecular complexity index is 744. The van der Waals surface area contributed by atoms with Crippen LogP contribution in [-0.2, 0) is 27.9 Å². The van der Waals surface area contributed by atoms with Crippen LogP contribution in [0.25, 0.3) is 0 Å². The molecule has 3 N–H and O–H groups in total. The fourth-order valence-corrected chi connectivity index (χ4v) is 5.20. The molecular weight excluding hydrogens is 583 g/mol. The number of carbonyl (C=O) groups excluding carboxylic acids is 1. The Hall–Kier alpha value is -1.06. The molecule has 0 heterocycles. The van der Waals surface area contributed by atoms with Gasteiger partial charge in [-0.25, -0.2) is 4.57 Å². The third-order valence-electron chi connectivity index (χ3n) is 7.09. The summed E-state index contributed by atoms with van der Waals surface area (Å²) in [6.45, 7) is 3.39. The lowest BCUT2D eigenvalue weighted by molar-refractivity contribution is -0.154. The van der Waals surface area contributed by atoms with Crippen molar-refractivity contribution in [2.24, 2.45) is 0 Å². The molecule has 0 aromatic carbocycles. The van der Waals surface area contributed by atoms with Crippen LogP contribution in [0, 0.1) is 0 Å². The summed E-state index contributed by atoms with van der Waals surface area (Å²) in [4.78, 5) is 22.3. The maximum absolute atomic E-state index is 12.5. The minimum absolute atomic E-state index is 0.0428. The summed E-state index contributed by atoms with van der Waals surface area (Å²) < 4.78 is 33.1. The summed E-state index contributed by atoms with van der Waals surface area (Å²) in [5.74, 6) is -0.398. The molecule has 0 saturated heterocycles. The highest BCUT2D eigenvalue weighted by Crippen LogP contribution is 2.43. The van der Waals surface area contributed by atoms with Gasteiger partial charge in [0, 0.05) is 13.0 Å². The van der Waals surface area contributed by atoms with Crippen molar-refractivity contribution >= 4 is 13.8 Å². The van der Waals surface area contributed by atoms with Gasteiger partial charge in [0.05, 0.1) is 26.4 Å². The van der Waals surface area contributed by atoms with E-state index in [1.165, 1.54) is 51.4 Å². The van der Waals surface area contributed by atoms with Gasteiger partial charge in [0.25, 0.3) is 0 Å². The minimum Gasteiger partial charge on any atom is -0.457 e. The van der Waals surface area contributed by atoms with Gasteiger partial charge in [0.2, 0.25) is 0 Å². The third kappa shape index (κ3) is 30.9. The Labute approximate surface area is 268 Å². The second kappa shape index (κ2) is 31.9. The lowest BCUT2D eigenvalue weighted by Gasteiger charge is -2.20. The second-order valence-electron chi connectivity index (χ2n) is 11.5. The van der Waals surface area contributed by atoms with Crippen LogP contribution in [0.1, 0.15) is 142 Å². The molecule has 44 heavy (non-hydrogen) atoms. The van der Waals surface area contributed by atoms with E-state index in [2.05, 4.69) is 38.2 Å². The monoisotopic (exact) mass is 648 g/mol. The molecule has 0 amide bonds. The first-order valence-electron chi connectivity index (χ1n) is 17.3. The lowest BCUT2D eigenvalue weighted by Crippen LogP contribution is -2.29. The van der Waals surface area contributed by atoms with Crippen molar-refractivity contribution in [3.63, 3.8) is 0 Å². The van der Waals surface area contributed by atoms with Crippen LogP contribution in [0.15, 0.2) is 24.3 Å². The Morgan fingerprint density at radius 3 is 1.80 bits per heavy atom. The molecule has 0 aromatic heterocycles. The number of aliphatic hydroxyl groups is 2. The van der Waals surface area contributed by atoms with Crippen molar-refractivity contribution in [3.05, 3.63) is 24.3 Å². The zero-order valence-corrected chi connectivity index (χ0v) is 28.8. The lowest BCUT2D eigenvalue weighted by atomic mass is 10.1. The van der Waals surface area contributed by atoms with Crippen molar-refractivity contribution in [2.75, 3.05) is 33.0 Å². The molecule has 0 aliphatic heterocycles. The van der Waals surface area contributed by atoms with Gasteiger partial charge < -0.3 is 24.6 Å². The molecule has 0 aromatic rings. The Balaban J connectivity index is 4.29. The van der Waals surface area contributed by atoms with E-state index in [-0.39, 0.29) is 19.6 Å². The van der Waals surface area contributed by atoms with Crippen LogP contribution in [0.2, 0.25) is 0 Å². The van der Waals surface area contributed by atoms with Gasteiger partial charge in [-0.15, -0.1) is 0 Å². The summed E-state index contributed by atoms with van der Waals surface area (Å²) in [6.07, 6.45) is 28.5. The number of ether oxygens (including phenoxy) is 2. The second-order valence-corrected chi connectivity index (χ2v) is 13.0. The predicted octanol–water partition coefficient (Wildman–Crippen LogP) is 8.36. The molecule has 0 spiro atoms. The molecule has 0 radical (unpaired) electrons. The predicted molar refractivity (Wildman–Crippen MR) is 177 cm³/mol. The van der Waals surface area contributed by atoms with Crippen molar-refractivity contribution < 1.29 is 43.0 Å². The topological polar surface area (TPSA) is 132 Å². The minimum atomic E-state index is -4.50. The van der Waals surface area contributed by atoms with E-state index < -0.39 is 39.2 Å². The Morgan fingerprint density at radius 1 is 0.682 bits per heavy atom. The molecule has 0 bridgehead atoms. The van der Waals surface area contributed by atoms with E-state index in [1.807, 2.05) is 0 Å². The quantitative estimate of drug-likeness (QED) is 0.0278. The number of aliphatic hydroxyl groups excluding tert-OH is 2. The van der Waals surface area contributed by atoms with Crippen molar-refractivity contribution in [1.82, 2.24) is 0 Å². The van der Waals surface area contributed by atoms with Gasteiger partial charge in [-0.2, -0.15) is 0 Å². The number of esters is 1. The molecule has 10 heteroatoms. The van der Waals surface area contributed by atoms with Gasteiger partial charge in [-0.05, 0) is 57.8 Å². The normalized spacial score (nSPS) is 14.8. The number of allylic oxidation sites excluding steroid dienone is 4. The number of rotatable bonds is 33. The zero-order valence-electron chi connectivity index (χ0n) is 27.9. The number of hydrogen-bond donors (Lipinski definition) is 3. The largest absolute Gasteiger partial charge is 0.472 e. The molecule has 0 fully saturated rings. The first-order chi connectivity index (χ1) is 21.3. The molecule has 0 saturated carbocycles. The first-order valence-corrected chi connectivity index (χ1v) is 18.8. The maximum atomic E-state index is 12.5. The Morgan fingerprint density at radius 2 is 1.20 bits per heavy atom. The average Bonchev–Trinajstić information content (AvgIpc) is 3.01. The van der Waals surface area contributed by atoms with E-state index in [4.69, 9.17) is 23.6 Å². The molecule has 3 atom stereocenters. The molecule has 0 aliphatic rings. The van der Waals surface area contributed by atoms with Crippen LogP contribution < -0.4 is 0 Å². The third-order valence-corrected chi connectivity index (χ3v) is 8.04. The van der Waals surface area contributed by atoms with E-state index in [0.29, 0.717) is 6.61 Å². The first kappa shape index (κ1) is 42.9. The number of unbranched alkanes of at least 4 members (excludes halogenated alkanes) is 15. The average molecular weight is 649 g/mol. The molecular formula is C34H65O9P. The smallest absolute Gasteiger partial charge is 0.457 e. The van der Waals surface area contributed by atoms with Crippen LogP contribution >= 0.6 is 7.82 Å². The summed E-state index contributed by atoms with van der Waals surface area (Å²) in [6, 6.07) is 0. The zero-order chi connectivity index (χ0) is 32.6. The highest BCUT2D eigenvalue weighted by Gasteiger charge is 2.26. The van der Waals surface area contributed by atoms with Crippen molar-refractivity contribution in [3.8, 4) is 0 Å². The van der Waals surface area contributed by atoms with Gasteiger partial charge >= 0.3 is 13.8 Å². The number of carbonyl (C=O) groups is 1. The van der Waals surface area contributed by atoms with Gasteiger partial charge in [0.1, 0.15) is 12.2 Å². The highest BCUT2D eigenvalue weighted by atomic mass is 31.2. The standard InChI is InChI=1S/C34H65O9P/c1-3-5-7-9-11-13-15-16-17-19-21-23-25-27-40-30-33(31-42-44(38,39)41-29-32(36)28-35)43-34(37)26-24-22-20-18-14-12-10-8-6-4-2/h8,10-11,13,32-33,35-36H,3-7,9,12,14-31H2,1-2H3,(H,38,39)/b10-8-,13-11-. The number of phosphoric ester groups is 1. The van der Waals surface area contributed by atoms with E-state index >= 15 is 0 Å². The van der Waals surface area contributed by atoms with Gasteiger partial charge in [-0.1, -0.05) is 102 Å². The molecule has 9 nitrogen and oxygen atoms in total. The maximum Gasteiger partial charge on any atom is 0.472 e. The fourth-order valence-electron chi connectivity index (χ4n) is 4.41. The number of phosphoric acid groups is 1. The fraction of sp³-hybridized carbons (Fsp3) is 0.853. The number of hydrogen-bond acceptors (Lipinski definition) is 8. The van der Waals surface area contributed by atoms with E-state index in [1.54, 1.807) is 0 Å². The van der Waals surface area contributed by atoms with Crippen LogP contribution in [0.5, 0.6) is 0 Å². The van der Waals surface area contributed by atoms with E-state index in [0.717, 1.165) is 70.6 Å². The summed E-state index contributed by atoms with van der Waals surface area (Å²) in [5, 5.41) is 18.2. The molecule has 0 rings (SSSR count). The van der Waals surface area contributed by atoms with Crippen LogP contribution in [0.4, 0.5) is 0 Å². The summed E-state index contributed by atoms with van der Waals surface area (Å²) >= 11 is 0. The van der Waals surface area contributed by atoms with E-state index in [9.17, 15) is 19.4 Å².